The molecule has 35 nitrogen and oxygen atoms in total. The van der Waals surface area contributed by atoms with E-state index in [4.69, 9.17) is 9.47 Å². The van der Waals surface area contributed by atoms with E-state index in [0.717, 1.165) is 160 Å². The van der Waals surface area contributed by atoms with Crippen molar-refractivity contribution in [3.8, 4) is 56.3 Å². The highest BCUT2D eigenvalue weighted by Crippen LogP contribution is 2.30. The molecular weight excluding hydrogens is 1760 g/mol. The third kappa shape index (κ3) is 33.4. The molecule has 736 valence electrons. The molecule has 2 unspecified atom stereocenters. The molecule has 2 fully saturated rings. The van der Waals surface area contributed by atoms with Gasteiger partial charge < -0.3 is 48.7 Å². The monoisotopic (exact) mass is 1900 g/mol. The van der Waals surface area contributed by atoms with E-state index in [1.165, 1.54) is 44.8 Å². The van der Waals surface area contributed by atoms with Crippen LogP contribution < -0.4 is 0 Å². The number of aromatic nitrogens is 13. The summed E-state index contributed by atoms with van der Waals surface area (Å²) >= 11 is 0. The van der Waals surface area contributed by atoms with Crippen molar-refractivity contribution in [1.82, 2.24) is 112 Å². The average Bonchev–Trinajstić information content (AvgIpc) is 1.67. The largest absolute Gasteiger partial charge is 0.443 e. The Bertz CT molecular complexity index is 5650. The van der Waals surface area contributed by atoms with Gasteiger partial charge in [-0.25, -0.2) is 77.7 Å². The zero-order chi connectivity index (χ0) is 101. The van der Waals surface area contributed by atoms with Gasteiger partial charge in [0.15, 0.2) is 0 Å². The molecule has 0 bridgehead atoms. The molecule has 0 saturated carbocycles. The van der Waals surface area contributed by atoms with Crippen molar-refractivity contribution >= 4 is 71.5 Å². The van der Waals surface area contributed by atoms with E-state index in [0.29, 0.717) is 19.5 Å². The molecule has 0 N–H and O–H groups in total. The number of para-hydroxylation sites is 1. The molecule has 2 saturated heterocycles. The topological polar surface area (TPSA) is 341 Å². The van der Waals surface area contributed by atoms with Crippen molar-refractivity contribution in [1.29, 1.82) is 0 Å². The van der Waals surface area contributed by atoms with Gasteiger partial charge >= 0.3 is 60.4 Å². The second-order valence-corrected chi connectivity index (χ2v) is 34.9. The van der Waals surface area contributed by atoms with E-state index in [1.807, 2.05) is 254 Å². The van der Waals surface area contributed by atoms with Gasteiger partial charge in [-0.05, 0) is 43.0 Å². The van der Waals surface area contributed by atoms with Gasteiger partial charge in [-0.3, -0.25) is 18.3 Å². The maximum absolute atomic E-state index is 12.2. The van der Waals surface area contributed by atoms with E-state index in [9.17, 15) is 47.9 Å². The lowest BCUT2D eigenvalue weighted by Crippen LogP contribution is -2.41. The molecule has 13 aromatic rings. The standard InChI is InChI=1S/3C16H21N3O.C13H16N2O3.2C12H13N3O.C10H18N2O3.C9H10N4O/c3*1-3-4-8-11-18(2)16(20)19-12-15(17-13-19)14-9-6-5-7-10-14;1-14(2)12(16)15-9-11(18-13(15)17)8-10-6-4-3-5-7-10;1-14(2)12(16)15-8-11(13-9-15)10-6-4-3-5-7-10;1-14(2)12(16)15-9-8-11(13-15)10-6-4-3-5-7-10;1-10(2,3)7-6-12(9(14)15-7)8(13)11(4)5;1-12(2)9(14)13-8-6-4-3-5-7(8)10-11-13/h3*5-7,9-10,12-13H,3-4,8,11H2,1-2H3;3-7,11H,8-9H2,1-2H3;2*3-9H,1-2H3;7H,6H2,1-5H3;3-6H,1-2H3. The van der Waals surface area contributed by atoms with Gasteiger partial charge in [-0.1, -0.05) is 279 Å². The van der Waals surface area contributed by atoms with Gasteiger partial charge in [0.05, 0.1) is 47.1 Å². The average molecular weight is 1900 g/mol. The summed E-state index contributed by atoms with van der Waals surface area (Å²) in [6.07, 6.45) is 24.1. The number of fused-ring (bicyclic) bond motifs is 1. The Morgan fingerprint density at radius 3 is 1.01 bits per heavy atom. The van der Waals surface area contributed by atoms with Crippen LogP contribution in [0.4, 0.5) is 47.9 Å². The molecule has 35 heteroatoms. The first-order chi connectivity index (χ1) is 66.5. The van der Waals surface area contributed by atoms with Crippen LogP contribution in [0.25, 0.3) is 67.3 Å². The van der Waals surface area contributed by atoms with Crippen molar-refractivity contribution < 1.29 is 57.4 Å². The first-order valence-corrected chi connectivity index (χ1v) is 46.2. The molecular formula is C104H133N23O12. The minimum absolute atomic E-state index is 0.0317. The number of hydrogen-bond donors (Lipinski definition) is 0. The second kappa shape index (κ2) is 54.7. The molecule has 0 spiro atoms. The lowest BCUT2D eigenvalue weighted by Gasteiger charge is -2.24. The summed E-state index contributed by atoms with van der Waals surface area (Å²) in [6, 6.07) is 66.9. The van der Waals surface area contributed by atoms with Crippen LogP contribution in [-0.2, 0) is 15.9 Å². The van der Waals surface area contributed by atoms with Crippen LogP contribution in [0.3, 0.4) is 0 Å². The summed E-state index contributed by atoms with van der Waals surface area (Å²) in [5.74, 6) is 0. The third-order valence-corrected chi connectivity index (χ3v) is 21.5. The number of rotatable bonds is 19. The quantitative estimate of drug-likeness (QED) is 0.0679. The number of urea groups is 2. The smallest absolute Gasteiger partial charge is 0.418 e. The van der Waals surface area contributed by atoms with E-state index in [2.05, 4.69) is 56.1 Å². The molecule has 0 aliphatic carbocycles. The van der Waals surface area contributed by atoms with E-state index in [1.54, 1.807) is 149 Å². The number of hydrogen-bond acceptors (Lipinski definition) is 19. The number of benzene rings is 7. The number of carbonyl (C=O) groups is 10. The van der Waals surface area contributed by atoms with Crippen LogP contribution in [0.2, 0.25) is 0 Å². The molecule has 139 heavy (non-hydrogen) atoms. The van der Waals surface area contributed by atoms with Crippen molar-refractivity contribution in [2.24, 2.45) is 5.41 Å². The third-order valence-electron chi connectivity index (χ3n) is 21.5. The number of cyclic esters (lactones) is 2. The number of nitrogens with zero attached hydrogens (tertiary/aromatic N) is 23. The Hall–Kier alpha value is -15.7. The molecule has 6 aromatic heterocycles. The highest BCUT2D eigenvalue weighted by Gasteiger charge is 2.42. The van der Waals surface area contributed by atoms with Gasteiger partial charge in [-0.15, -0.1) is 5.10 Å². The highest BCUT2D eigenvalue weighted by molar-refractivity contribution is 5.93. The van der Waals surface area contributed by atoms with Crippen molar-refractivity contribution in [2.45, 2.75) is 118 Å². The summed E-state index contributed by atoms with van der Waals surface area (Å²) in [4.78, 5) is 150. The highest BCUT2D eigenvalue weighted by atomic mass is 16.6. The van der Waals surface area contributed by atoms with Crippen LogP contribution in [0.15, 0.2) is 269 Å². The summed E-state index contributed by atoms with van der Waals surface area (Å²) in [5.41, 5.74) is 11.5. The fourth-order valence-electron chi connectivity index (χ4n) is 13.5. The molecule has 2 aliphatic rings. The molecule has 7 aromatic carbocycles. The molecule has 0 radical (unpaired) electrons. The number of unbranched alkanes of at least 4 members (excludes halogenated alkanes) is 6. The van der Waals surface area contributed by atoms with Gasteiger partial charge in [0.2, 0.25) is 0 Å². The van der Waals surface area contributed by atoms with E-state index >= 15 is 0 Å². The maximum Gasteiger partial charge on any atom is 0.418 e. The summed E-state index contributed by atoms with van der Waals surface area (Å²) in [6.45, 7) is 15.4. The zero-order valence-corrected chi connectivity index (χ0v) is 83.3. The Morgan fingerprint density at radius 2 is 0.669 bits per heavy atom. The predicted molar refractivity (Wildman–Crippen MR) is 540 cm³/mol. The fourth-order valence-corrected chi connectivity index (χ4v) is 13.5. The zero-order valence-electron chi connectivity index (χ0n) is 83.3. The van der Waals surface area contributed by atoms with Crippen LogP contribution in [0.1, 0.15) is 105 Å². The van der Waals surface area contributed by atoms with Gasteiger partial charge in [0.25, 0.3) is 0 Å². The Balaban J connectivity index is 0.000000195. The first-order valence-electron chi connectivity index (χ1n) is 46.2. The first kappa shape index (κ1) is 109. The molecule has 12 amide bonds. The van der Waals surface area contributed by atoms with E-state index < -0.39 is 12.2 Å². The minimum atomic E-state index is -0.561. The minimum Gasteiger partial charge on any atom is -0.443 e. The predicted octanol–water partition coefficient (Wildman–Crippen LogP) is 19.3. The van der Waals surface area contributed by atoms with Gasteiger partial charge in [-0.2, -0.15) is 14.5 Å². The number of imidazole rings is 4. The van der Waals surface area contributed by atoms with Crippen LogP contribution >= 0.6 is 0 Å². The van der Waals surface area contributed by atoms with Gasteiger partial charge in [0, 0.05) is 182 Å². The maximum atomic E-state index is 12.2. The Morgan fingerprint density at radius 1 is 0.353 bits per heavy atom. The van der Waals surface area contributed by atoms with E-state index in [-0.39, 0.29) is 65.9 Å². The summed E-state index contributed by atoms with van der Waals surface area (Å²) < 4.78 is 19.1. The fraction of sp³-hybridized carbons (Fsp3) is 0.356. The normalized spacial score (nSPS) is 12.7. The van der Waals surface area contributed by atoms with Crippen molar-refractivity contribution in [3.63, 3.8) is 0 Å². The summed E-state index contributed by atoms with van der Waals surface area (Å²) in [7, 11) is 22.1. The van der Waals surface area contributed by atoms with Crippen molar-refractivity contribution in [3.05, 3.63) is 274 Å². The Labute approximate surface area is 814 Å². The number of ether oxygens (including phenoxy) is 2. The molecule has 8 heterocycles. The summed E-state index contributed by atoms with van der Waals surface area (Å²) in [5, 5.41) is 11.9. The SMILES string of the molecule is CCCCCN(C)C(=O)n1cnc(-c2ccccc2)c1.CCCCCN(C)C(=O)n1cnc(-c2ccccc2)c1.CCCCCN(C)C(=O)n1cnc(-c2ccccc2)c1.CN(C)C(=O)N1CC(C(C)(C)C)OC1=O.CN(C)C(=O)N1CC(Cc2ccccc2)OC1=O.CN(C)C(=O)n1ccc(-c2ccccc2)n1.CN(C)C(=O)n1cnc(-c2ccccc2)c1.CN(C)C(=O)n1nnc2ccccc21. The Kier molecular flexibility index (Phi) is 42.8. The molecule has 15 rings (SSSR count). The molecule has 2 atom stereocenters. The van der Waals surface area contributed by atoms with Crippen molar-refractivity contribution in [2.75, 3.05) is 124 Å². The second-order valence-electron chi connectivity index (χ2n) is 34.9. The number of imide groups is 2. The van der Waals surface area contributed by atoms with Gasteiger partial charge in [0.1, 0.15) is 43.0 Å². The lowest BCUT2D eigenvalue weighted by molar-refractivity contribution is 0.0724. The lowest BCUT2D eigenvalue weighted by atomic mass is 9.89. The van der Waals surface area contributed by atoms with Crippen LogP contribution in [-0.4, -0.2) is 309 Å². The number of carbonyl (C=O) groups excluding carboxylic acids is 10. The molecule has 2 aliphatic heterocycles. The number of amides is 12. The van der Waals surface area contributed by atoms with Crippen LogP contribution in [0.5, 0.6) is 0 Å². The van der Waals surface area contributed by atoms with Crippen LogP contribution in [0, 0.1) is 5.41 Å².